The second kappa shape index (κ2) is 35.0. The van der Waals surface area contributed by atoms with Crippen molar-refractivity contribution in [3.05, 3.63) is 467 Å². The molecule has 0 bridgehead atoms. The highest BCUT2D eigenvalue weighted by Crippen LogP contribution is 2.50. The zero-order valence-corrected chi connectivity index (χ0v) is 77.2. The Morgan fingerprint density at radius 2 is 0.424 bits per heavy atom. The Morgan fingerprint density at radius 1 is 0.122 bits per heavy atom. The summed E-state index contributed by atoms with van der Waals surface area (Å²) in [7, 11) is 0. The van der Waals surface area contributed by atoms with Gasteiger partial charge in [-0.25, -0.2) is 44.9 Å². The number of benzene rings is 22. The molecule has 28 rings (SSSR count). The minimum atomic E-state index is 0.653. The summed E-state index contributed by atoms with van der Waals surface area (Å²) >= 11 is 5.48. The van der Waals surface area contributed by atoms with Gasteiger partial charge in [-0.05, 0) is 157 Å². The third-order valence-corrected chi connectivity index (χ3v) is 30.1. The van der Waals surface area contributed by atoms with Crippen molar-refractivity contribution in [2.24, 2.45) is 0 Å². The Morgan fingerprint density at radius 3 is 0.885 bits per heavy atom. The average molecular weight is 1830 g/mol. The van der Waals surface area contributed by atoms with Gasteiger partial charge in [0.25, 0.3) is 0 Å². The van der Waals surface area contributed by atoms with Crippen molar-refractivity contribution in [3.8, 4) is 136 Å². The van der Waals surface area contributed by atoms with E-state index in [-0.39, 0.29) is 0 Å². The van der Waals surface area contributed by atoms with Gasteiger partial charge in [0.1, 0.15) is 0 Å². The molecule has 0 aliphatic carbocycles. The van der Waals surface area contributed by atoms with Gasteiger partial charge in [-0.1, -0.05) is 419 Å². The predicted molar refractivity (Wildman–Crippen MR) is 586 cm³/mol. The quantitative estimate of drug-likeness (QED) is 0.118. The molecular formula is C127H77N9S3. The van der Waals surface area contributed by atoms with Gasteiger partial charge in [-0.2, -0.15) is 0 Å². The van der Waals surface area contributed by atoms with Gasteiger partial charge in [0.2, 0.25) is 0 Å². The molecule has 9 nitrogen and oxygen atoms in total. The number of fused-ring (bicyclic) bond motifs is 20. The maximum atomic E-state index is 5.23. The number of aromatic nitrogens is 9. The molecule has 648 valence electrons. The van der Waals surface area contributed by atoms with Crippen LogP contribution in [0.15, 0.2) is 467 Å². The Labute approximate surface area is 811 Å². The molecule has 0 N–H and O–H groups in total. The molecule has 12 heteroatoms. The van der Waals surface area contributed by atoms with E-state index in [0.29, 0.717) is 52.4 Å². The van der Waals surface area contributed by atoms with Gasteiger partial charge in [-0.15, -0.1) is 34.0 Å². The van der Waals surface area contributed by atoms with E-state index in [4.69, 9.17) is 44.9 Å². The first-order valence-corrected chi connectivity index (χ1v) is 48.9. The first-order valence-electron chi connectivity index (χ1n) is 46.5. The van der Waals surface area contributed by atoms with Crippen LogP contribution in [0.2, 0.25) is 0 Å². The number of rotatable bonds is 12. The van der Waals surface area contributed by atoms with Crippen molar-refractivity contribution < 1.29 is 0 Å². The van der Waals surface area contributed by atoms with Crippen LogP contribution >= 0.6 is 34.0 Å². The second-order valence-electron chi connectivity index (χ2n) is 34.9. The molecule has 139 heavy (non-hydrogen) atoms. The van der Waals surface area contributed by atoms with E-state index in [0.717, 1.165) is 72.1 Å². The number of hydrogen-bond acceptors (Lipinski definition) is 12. The zero-order valence-electron chi connectivity index (χ0n) is 74.7. The molecule has 0 aliphatic rings. The number of nitrogens with zero attached hydrogens (tertiary/aromatic N) is 9. The molecule has 0 spiro atoms. The molecule has 0 saturated carbocycles. The van der Waals surface area contributed by atoms with E-state index in [1.807, 2.05) is 77.3 Å². The summed E-state index contributed by atoms with van der Waals surface area (Å²) in [6.07, 6.45) is 0. The molecule has 0 saturated heterocycles. The lowest BCUT2D eigenvalue weighted by Gasteiger charge is -2.12. The van der Waals surface area contributed by atoms with E-state index in [2.05, 4.69) is 413 Å². The van der Waals surface area contributed by atoms with Crippen LogP contribution in [-0.4, -0.2) is 44.9 Å². The summed E-state index contributed by atoms with van der Waals surface area (Å²) in [6.45, 7) is 0. The minimum Gasteiger partial charge on any atom is -0.208 e. The third-order valence-electron chi connectivity index (χ3n) is 26.5. The lowest BCUT2D eigenvalue weighted by molar-refractivity contribution is 1.08. The fourth-order valence-electron chi connectivity index (χ4n) is 19.6. The SMILES string of the molecule is c1ccc(-c2nc(-c3ccc(-c4ccc5ccccc5c4)cc3)nc(-c3cc4ccccc4c4c3sc3ccccc34)n2)cc1.c1ccc(-c2nc(-c3ccc(-c4ccc5ccccc5c4)cc3)nc(-c3cc4ccccc4c4sc5c6ccccc6ccc5c34)n2)cc1.c1ccc(-c2nc(-c3ccc(-c4ccc5ccccc5c4)cc3)nc(-c3cc4sc5ccccc5c4c4ccccc34)n2)cc1. The van der Waals surface area contributed by atoms with Crippen LogP contribution in [0.1, 0.15) is 0 Å². The molecule has 0 fully saturated rings. The van der Waals surface area contributed by atoms with Crippen molar-refractivity contribution in [1.82, 2.24) is 44.9 Å². The van der Waals surface area contributed by atoms with Gasteiger partial charge >= 0.3 is 0 Å². The normalized spacial score (nSPS) is 11.6. The van der Waals surface area contributed by atoms with E-state index in [1.54, 1.807) is 11.3 Å². The smallest absolute Gasteiger partial charge is 0.165 e. The van der Waals surface area contributed by atoms with Crippen molar-refractivity contribution in [1.29, 1.82) is 0 Å². The molecule has 0 aliphatic heterocycles. The van der Waals surface area contributed by atoms with Crippen molar-refractivity contribution >= 4 is 170 Å². The summed E-state index contributed by atoms with van der Waals surface area (Å²) < 4.78 is 7.50. The van der Waals surface area contributed by atoms with Gasteiger partial charge in [-0.3, -0.25) is 0 Å². The largest absolute Gasteiger partial charge is 0.208 e. The van der Waals surface area contributed by atoms with Crippen molar-refractivity contribution in [2.45, 2.75) is 0 Å². The second-order valence-corrected chi connectivity index (χ2v) is 38.1. The summed E-state index contributed by atoms with van der Waals surface area (Å²) in [5.41, 5.74) is 15.8. The highest BCUT2D eigenvalue weighted by atomic mass is 32.1. The standard InChI is InChI=1S/C45H27N3S.2C41H25N3S/c1-2-12-31(13-3-1)43-46-44(32-21-18-29(19-22-32)34-23-20-28-10-4-5-14-33(28)26-34)48-45(47-43)39-27-35-15-7-9-17-37(35)42-40(39)38-25-24-30-11-6-8-16-36(30)41(38)49-42;1-2-11-28(12-3-1)39-42-40(29-21-18-27(19-22-29)31-23-20-26-10-4-5-13-30(26)24-31)44-41(43-39)35-25-37-38(33-15-7-6-14-32(33)35)34-16-8-9-17-36(34)45-37;1-2-11-28(12-3-1)39-42-40(29-21-18-27(19-22-29)31-23-20-26-10-4-5-13-30(26)24-31)44-41(43-39)35-25-32-14-6-7-15-33(32)37-34-16-8-9-17-36(34)45-38(35)37/h1-27H;2*1-25H. The third kappa shape index (κ3) is 15.4. The molecule has 0 radical (unpaired) electrons. The van der Waals surface area contributed by atoms with E-state index in [1.165, 1.54) is 147 Å². The van der Waals surface area contributed by atoms with Crippen LogP contribution in [0, 0.1) is 0 Å². The Bertz CT molecular complexity index is 9710. The van der Waals surface area contributed by atoms with Crippen LogP contribution in [0.25, 0.3) is 272 Å². The maximum Gasteiger partial charge on any atom is 0.165 e. The van der Waals surface area contributed by atoms with Crippen molar-refractivity contribution in [3.63, 3.8) is 0 Å². The van der Waals surface area contributed by atoms with Crippen LogP contribution in [0.5, 0.6) is 0 Å². The first kappa shape index (κ1) is 82.1. The number of thiophene rings is 3. The summed E-state index contributed by atoms with van der Waals surface area (Å²) in [6, 6.07) is 165. The topological polar surface area (TPSA) is 116 Å². The molecule has 0 atom stereocenters. The predicted octanol–water partition coefficient (Wildman–Crippen LogP) is 34.8. The average Bonchev–Trinajstić information content (AvgIpc) is 1.69. The Kier molecular flexibility index (Phi) is 20.7. The van der Waals surface area contributed by atoms with Crippen LogP contribution in [0.3, 0.4) is 0 Å². The van der Waals surface area contributed by atoms with E-state index < -0.39 is 0 Å². The molecule has 6 heterocycles. The van der Waals surface area contributed by atoms with E-state index in [9.17, 15) is 0 Å². The van der Waals surface area contributed by atoms with E-state index >= 15 is 0 Å². The first-order chi connectivity index (χ1) is 68.8. The Hall–Kier alpha value is -17.7. The minimum absolute atomic E-state index is 0.653. The molecule has 28 aromatic rings. The van der Waals surface area contributed by atoms with Crippen LogP contribution in [0.4, 0.5) is 0 Å². The van der Waals surface area contributed by atoms with Gasteiger partial charge in [0.05, 0.1) is 0 Å². The van der Waals surface area contributed by atoms with Gasteiger partial charge in [0.15, 0.2) is 52.4 Å². The number of hydrogen-bond donors (Lipinski definition) is 0. The maximum absolute atomic E-state index is 5.23. The summed E-state index contributed by atoms with van der Waals surface area (Å²) in [5, 5.41) is 24.6. The summed E-state index contributed by atoms with van der Waals surface area (Å²) in [4.78, 5) is 46.0. The Balaban J connectivity index is 0.000000108. The molecule has 0 amide bonds. The zero-order chi connectivity index (χ0) is 91.8. The molecule has 22 aromatic carbocycles. The highest BCUT2D eigenvalue weighted by Gasteiger charge is 2.25. The fourth-order valence-corrected chi connectivity index (χ4v) is 23.4. The van der Waals surface area contributed by atoms with Gasteiger partial charge < -0.3 is 0 Å². The molecule has 6 aromatic heterocycles. The summed E-state index contributed by atoms with van der Waals surface area (Å²) in [5.74, 6) is 5.98. The molecule has 0 unspecified atom stereocenters. The fraction of sp³-hybridized carbons (Fsp3) is 0. The lowest BCUT2D eigenvalue weighted by Crippen LogP contribution is -2.00. The van der Waals surface area contributed by atoms with Crippen molar-refractivity contribution in [2.75, 3.05) is 0 Å². The van der Waals surface area contributed by atoms with Crippen LogP contribution < -0.4 is 0 Å². The lowest BCUT2D eigenvalue weighted by atomic mass is 9.98. The van der Waals surface area contributed by atoms with Gasteiger partial charge in [0, 0.05) is 111 Å². The molecular weight excluding hydrogens is 1750 g/mol. The monoisotopic (exact) mass is 1820 g/mol. The highest BCUT2D eigenvalue weighted by molar-refractivity contribution is 7.28. The van der Waals surface area contributed by atoms with Crippen LogP contribution in [-0.2, 0) is 0 Å².